The molecule has 3 heteroatoms. The van der Waals surface area contributed by atoms with E-state index in [0.29, 0.717) is 17.5 Å². The van der Waals surface area contributed by atoms with Crippen LogP contribution in [0.4, 0.5) is 0 Å². The van der Waals surface area contributed by atoms with Gasteiger partial charge in [0.25, 0.3) is 0 Å². The van der Waals surface area contributed by atoms with E-state index in [1.54, 1.807) is 0 Å². The van der Waals surface area contributed by atoms with E-state index in [2.05, 4.69) is 145 Å². The third-order valence-corrected chi connectivity index (χ3v) is 8.65. The summed E-state index contributed by atoms with van der Waals surface area (Å²) >= 11 is 0. The van der Waals surface area contributed by atoms with Gasteiger partial charge in [0.1, 0.15) is 0 Å². The number of fused-ring (bicyclic) bond motifs is 2. The predicted octanol–water partition coefficient (Wildman–Crippen LogP) is 10.7. The van der Waals surface area contributed by atoms with Crippen LogP contribution in [0, 0.1) is 41.5 Å². The summed E-state index contributed by atoms with van der Waals surface area (Å²) in [5, 5.41) is 4.62. The van der Waals surface area contributed by atoms with Gasteiger partial charge in [-0.25, -0.2) is 15.0 Å². The Kier molecular flexibility index (Phi) is 6.82. The highest BCUT2D eigenvalue weighted by molar-refractivity contribution is 6.20. The highest BCUT2D eigenvalue weighted by atomic mass is 15.0. The van der Waals surface area contributed by atoms with Crippen LogP contribution >= 0.6 is 0 Å². The smallest absolute Gasteiger partial charge is 0.165 e. The molecule has 1 aromatic heterocycles. The normalized spacial score (nSPS) is 11.4. The van der Waals surface area contributed by atoms with E-state index < -0.39 is 0 Å². The Balaban J connectivity index is 1.63. The Morgan fingerprint density at radius 2 is 0.659 bits per heavy atom. The van der Waals surface area contributed by atoms with Crippen LogP contribution in [0.2, 0.25) is 0 Å². The molecular weight excluding hydrogens is 534 g/mol. The molecule has 0 bridgehead atoms. The lowest BCUT2D eigenvalue weighted by atomic mass is 9.88. The molecule has 0 N–H and O–H groups in total. The zero-order valence-corrected chi connectivity index (χ0v) is 26.2. The Bertz CT molecular complexity index is 2050. The van der Waals surface area contributed by atoms with Gasteiger partial charge < -0.3 is 0 Å². The van der Waals surface area contributed by atoms with Crippen molar-refractivity contribution in [1.82, 2.24) is 15.0 Å². The van der Waals surface area contributed by atoms with E-state index in [9.17, 15) is 0 Å². The van der Waals surface area contributed by atoms with Crippen LogP contribution in [0.1, 0.15) is 33.4 Å². The van der Waals surface area contributed by atoms with Gasteiger partial charge >= 0.3 is 0 Å². The quantitative estimate of drug-likeness (QED) is 0.198. The number of nitrogens with zero attached hydrogens (tertiary/aromatic N) is 3. The summed E-state index contributed by atoms with van der Waals surface area (Å²) in [4.78, 5) is 15.8. The predicted molar refractivity (Wildman–Crippen MR) is 185 cm³/mol. The summed E-state index contributed by atoms with van der Waals surface area (Å²) in [6, 6.07) is 36.9. The van der Waals surface area contributed by atoms with Crippen LogP contribution in [0.15, 0.2) is 103 Å². The van der Waals surface area contributed by atoms with E-state index in [1.165, 1.54) is 33.0 Å². The maximum absolute atomic E-state index is 5.31. The molecule has 0 fully saturated rings. The van der Waals surface area contributed by atoms with Gasteiger partial charge in [0.15, 0.2) is 17.5 Å². The first-order chi connectivity index (χ1) is 21.3. The molecule has 3 nitrogen and oxygen atoms in total. The van der Waals surface area contributed by atoms with Crippen molar-refractivity contribution in [3.63, 3.8) is 0 Å². The molecule has 0 unspecified atom stereocenters. The Hall–Kier alpha value is -5.15. The molecule has 0 saturated carbocycles. The minimum Gasteiger partial charge on any atom is -0.208 e. The van der Waals surface area contributed by atoms with Crippen molar-refractivity contribution < 1.29 is 0 Å². The fraction of sp³-hybridized carbons (Fsp3) is 0.146. The topological polar surface area (TPSA) is 38.7 Å². The number of hydrogen-bond donors (Lipinski definition) is 0. The monoisotopic (exact) mass is 569 g/mol. The minimum atomic E-state index is 0.691. The first kappa shape index (κ1) is 27.7. The average molecular weight is 570 g/mol. The fourth-order valence-electron chi connectivity index (χ4n) is 7.06. The van der Waals surface area contributed by atoms with Crippen molar-refractivity contribution in [3.05, 3.63) is 137 Å². The molecule has 0 atom stereocenters. The molecular formula is C41H35N3. The fourth-order valence-corrected chi connectivity index (χ4v) is 7.06. The van der Waals surface area contributed by atoms with Gasteiger partial charge in [-0.1, -0.05) is 114 Å². The van der Waals surface area contributed by atoms with Crippen LogP contribution in [0.5, 0.6) is 0 Å². The molecule has 7 aromatic rings. The van der Waals surface area contributed by atoms with Gasteiger partial charge in [0, 0.05) is 16.7 Å². The summed E-state index contributed by atoms with van der Waals surface area (Å²) in [6.45, 7) is 12.9. The molecule has 0 aliphatic carbocycles. The molecule has 0 aliphatic heterocycles. The van der Waals surface area contributed by atoms with E-state index >= 15 is 0 Å². The SMILES string of the molecule is Cc1cc(C)c(-c2nc(-c3c(C)cc(C)cc3C)nc(-c3c4ccccc4c(-c4ccccc4)c4ccccc34)n2)c(C)c1. The van der Waals surface area contributed by atoms with Crippen LogP contribution in [-0.2, 0) is 0 Å². The van der Waals surface area contributed by atoms with Gasteiger partial charge in [-0.05, 0) is 96.5 Å². The molecule has 0 spiro atoms. The summed E-state index contributed by atoms with van der Waals surface area (Å²) in [5.74, 6) is 2.11. The first-order valence-corrected chi connectivity index (χ1v) is 15.2. The number of benzene rings is 6. The molecule has 0 amide bonds. The molecule has 1 heterocycles. The van der Waals surface area contributed by atoms with E-state index in [4.69, 9.17) is 15.0 Å². The molecule has 0 saturated heterocycles. The lowest BCUT2D eigenvalue weighted by molar-refractivity contribution is 1.06. The van der Waals surface area contributed by atoms with Crippen molar-refractivity contribution in [2.75, 3.05) is 0 Å². The minimum absolute atomic E-state index is 0.691. The van der Waals surface area contributed by atoms with Crippen molar-refractivity contribution in [1.29, 1.82) is 0 Å². The van der Waals surface area contributed by atoms with Crippen molar-refractivity contribution in [2.24, 2.45) is 0 Å². The molecule has 6 aromatic carbocycles. The van der Waals surface area contributed by atoms with E-state index in [-0.39, 0.29) is 0 Å². The second-order valence-electron chi connectivity index (χ2n) is 12.1. The number of hydrogen-bond acceptors (Lipinski definition) is 3. The van der Waals surface area contributed by atoms with E-state index in [1.807, 2.05) is 0 Å². The molecule has 44 heavy (non-hydrogen) atoms. The second kappa shape index (κ2) is 10.8. The van der Waals surface area contributed by atoms with Crippen LogP contribution in [0.25, 0.3) is 66.8 Å². The van der Waals surface area contributed by atoms with Gasteiger partial charge in [-0.3, -0.25) is 0 Å². The van der Waals surface area contributed by atoms with Crippen molar-refractivity contribution in [3.8, 4) is 45.3 Å². The van der Waals surface area contributed by atoms with Gasteiger partial charge in [-0.2, -0.15) is 0 Å². The second-order valence-corrected chi connectivity index (χ2v) is 12.1. The Morgan fingerprint density at radius 3 is 1.05 bits per heavy atom. The van der Waals surface area contributed by atoms with Crippen LogP contribution in [-0.4, -0.2) is 15.0 Å². The first-order valence-electron chi connectivity index (χ1n) is 15.2. The van der Waals surface area contributed by atoms with Crippen LogP contribution in [0.3, 0.4) is 0 Å². The zero-order chi connectivity index (χ0) is 30.5. The lowest BCUT2D eigenvalue weighted by Crippen LogP contribution is -2.05. The third kappa shape index (κ3) is 4.66. The third-order valence-electron chi connectivity index (χ3n) is 8.65. The Labute approximate surface area is 259 Å². The average Bonchev–Trinajstić information content (AvgIpc) is 2.99. The largest absolute Gasteiger partial charge is 0.208 e. The highest BCUT2D eigenvalue weighted by Crippen LogP contribution is 2.43. The molecule has 7 rings (SSSR count). The number of aromatic nitrogens is 3. The maximum atomic E-state index is 5.31. The molecule has 214 valence electrons. The molecule has 0 aliphatic rings. The van der Waals surface area contributed by atoms with E-state index in [0.717, 1.165) is 49.7 Å². The molecule has 0 radical (unpaired) electrons. The summed E-state index contributed by atoms with van der Waals surface area (Å²) in [7, 11) is 0. The van der Waals surface area contributed by atoms with Crippen LogP contribution < -0.4 is 0 Å². The summed E-state index contributed by atoms with van der Waals surface area (Å²) < 4.78 is 0. The zero-order valence-electron chi connectivity index (χ0n) is 26.2. The lowest BCUT2D eigenvalue weighted by Gasteiger charge is -2.19. The standard InChI is InChI=1S/C41H35N3/c1-24-20-26(3)35(27(4)21-24)39-42-40(36-28(5)22-25(2)23-29(36)6)44-41(43-39)38-33-18-12-10-16-31(33)37(30-14-8-7-9-15-30)32-17-11-13-19-34(32)38/h7-23H,1-6H3. The van der Waals surface area contributed by atoms with Crippen molar-refractivity contribution in [2.45, 2.75) is 41.5 Å². The van der Waals surface area contributed by atoms with Gasteiger partial charge in [-0.15, -0.1) is 0 Å². The van der Waals surface area contributed by atoms with Crippen molar-refractivity contribution >= 4 is 21.5 Å². The highest BCUT2D eigenvalue weighted by Gasteiger charge is 2.22. The summed E-state index contributed by atoms with van der Waals surface area (Å²) in [6.07, 6.45) is 0. The van der Waals surface area contributed by atoms with Gasteiger partial charge in [0.2, 0.25) is 0 Å². The number of aryl methyl sites for hydroxylation is 6. The Morgan fingerprint density at radius 1 is 0.341 bits per heavy atom. The number of rotatable bonds is 4. The summed E-state index contributed by atoms with van der Waals surface area (Å²) in [5.41, 5.74) is 12.7. The maximum Gasteiger partial charge on any atom is 0.165 e. The van der Waals surface area contributed by atoms with Gasteiger partial charge in [0.05, 0.1) is 0 Å².